The van der Waals surface area contributed by atoms with Crippen LogP contribution in [-0.2, 0) is 0 Å². The number of nitrogens with one attached hydrogen (secondary N) is 1. The van der Waals surface area contributed by atoms with Crippen LogP contribution in [0.3, 0.4) is 0 Å². The number of pyridine rings is 1. The molecule has 2 N–H and O–H groups in total. The van der Waals surface area contributed by atoms with E-state index in [0.717, 1.165) is 5.56 Å². The zero-order chi connectivity index (χ0) is 17.1. The van der Waals surface area contributed by atoms with Crippen molar-refractivity contribution < 1.29 is 14.3 Å². The predicted octanol–water partition coefficient (Wildman–Crippen LogP) is 4.86. The highest BCUT2D eigenvalue weighted by Crippen LogP contribution is 2.28. The first-order valence-corrected chi connectivity index (χ1v) is 7.67. The third-order valence-electron chi connectivity index (χ3n) is 3.83. The molecule has 1 aromatic carbocycles. The molecule has 0 unspecified atom stereocenters. The summed E-state index contributed by atoms with van der Waals surface area (Å²) in [7, 11) is 0. The van der Waals surface area contributed by atoms with E-state index in [2.05, 4.69) is 10.3 Å². The lowest BCUT2D eigenvalue weighted by Crippen LogP contribution is -2.03. The summed E-state index contributed by atoms with van der Waals surface area (Å²) in [5, 5.41) is 12.4. The molecule has 0 amide bonds. The summed E-state index contributed by atoms with van der Waals surface area (Å²) in [5.41, 5.74) is 3.28. The molecule has 24 heavy (non-hydrogen) atoms. The summed E-state index contributed by atoms with van der Waals surface area (Å²) in [6.45, 7) is 1.84. The number of nitrogens with zero attached hydrogens (tertiary/aromatic N) is 1. The Kier molecular flexibility index (Phi) is 4.42. The average molecular weight is 324 g/mol. The summed E-state index contributed by atoms with van der Waals surface area (Å²) in [4.78, 5) is 15.6. The van der Waals surface area contributed by atoms with Crippen molar-refractivity contribution in [3.8, 4) is 0 Å². The molecule has 0 atom stereocenters. The number of benzene rings is 1. The maximum atomic E-state index is 13.9. The van der Waals surface area contributed by atoms with E-state index in [4.69, 9.17) is 0 Å². The standard InChI is InChI=1S/C19H17FN2O2/c1-12-6-8-18(15(10-12)19(23)24)22-13-7-9-17(21-11-13)14-4-2-3-5-16(14)20/h2,4,6-11,22H,3,5H2,1H3,(H,23,24). The van der Waals surface area contributed by atoms with E-state index in [0.29, 0.717) is 35.5 Å². The summed E-state index contributed by atoms with van der Waals surface area (Å²) in [6.07, 6.45) is 6.36. The molecule has 1 aliphatic rings. The van der Waals surface area contributed by atoms with Crippen molar-refractivity contribution in [3.05, 3.63) is 71.3 Å². The van der Waals surface area contributed by atoms with E-state index in [1.165, 1.54) is 0 Å². The number of hydrogen-bond acceptors (Lipinski definition) is 3. The zero-order valence-corrected chi connectivity index (χ0v) is 13.2. The minimum Gasteiger partial charge on any atom is -0.478 e. The van der Waals surface area contributed by atoms with Crippen LogP contribution in [0.25, 0.3) is 5.57 Å². The Morgan fingerprint density at radius 3 is 2.79 bits per heavy atom. The molecule has 1 heterocycles. The molecule has 122 valence electrons. The van der Waals surface area contributed by atoms with Crippen molar-refractivity contribution in [1.29, 1.82) is 0 Å². The number of rotatable bonds is 4. The molecular formula is C19H17FN2O2. The van der Waals surface area contributed by atoms with Gasteiger partial charge in [0.15, 0.2) is 0 Å². The maximum absolute atomic E-state index is 13.9. The van der Waals surface area contributed by atoms with Crippen LogP contribution in [0, 0.1) is 6.92 Å². The number of aromatic carboxylic acids is 1. The van der Waals surface area contributed by atoms with Gasteiger partial charge in [0.05, 0.1) is 28.8 Å². The minimum absolute atomic E-state index is 0.155. The molecule has 0 spiro atoms. The molecule has 0 saturated carbocycles. The molecule has 2 aromatic rings. The largest absolute Gasteiger partial charge is 0.478 e. The highest BCUT2D eigenvalue weighted by molar-refractivity contribution is 5.95. The van der Waals surface area contributed by atoms with E-state index in [1.807, 2.05) is 19.1 Å². The van der Waals surface area contributed by atoms with Gasteiger partial charge in [0.1, 0.15) is 5.83 Å². The highest BCUT2D eigenvalue weighted by Gasteiger charge is 2.13. The van der Waals surface area contributed by atoms with Crippen molar-refractivity contribution in [2.24, 2.45) is 0 Å². The van der Waals surface area contributed by atoms with E-state index in [1.54, 1.807) is 36.5 Å². The molecular weight excluding hydrogens is 307 g/mol. The number of carboxylic acids is 1. The molecule has 0 aliphatic heterocycles. The number of carboxylic acid groups (broad SMARTS) is 1. The minimum atomic E-state index is -0.995. The van der Waals surface area contributed by atoms with E-state index < -0.39 is 5.97 Å². The second-order valence-corrected chi connectivity index (χ2v) is 5.67. The molecule has 1 aliphatic carbocycles. The van der Waals surface area contributed by atoms with Crippen LogP contribution < -0.4 is 5.32 Å². The Bertz CT molecular complexity index is 839. The van der Waals surface area contributed by atoms with Gasteiger partial charge >= 0.3 is 5.97 Å². The van der Waals surface area contributed by atoms with Gasteiger partial charge in [-0.05, 0) is 37.6 Å². The monoisotopic (exact) mass is 324 g/mol. The van der Waals surface area contributed by atoms with E-state index in [-0.39, 0.29) is 11.4 Å². The number of aryl methyl sites for hydroxylation is 1. The second-order valence-electron chi connectivity index (χ2n) is 5.67. The Hall–Kier alpha value is -2.95. The molecule has 0 fully saturated rings. The molecule has 5 heteroatoms. The highest BCUT2D eigenvalue weighted by atomic mass is 19.1. The smallest absolute Gasteiger partial charge is 0.337 e. The van der Waals surface area contributed by atoms with Crippen molar-refractivity contribution >= 4 is 22.9 Å². The summed E-state index contributed by atoms with van der Waals surface area (Å²) in [6, 6.07) is 8.65. The number of allylic oxidation sites excluding steroid dienone is 4. The lowest BCUT2D eigenvalue weighted by atomic mass is 10.0. The summed E-state index contributed by atoms with van der Waals surface area (Å²) in [5.74, 6) is -1.15. The number of aromatic nitrogens is 1. The van der Waals surface area contributed by atoms with Crippen LogP contribution in [0.2, 0.25) is 0 Å². The fourth-order valence-corrected chi connectivity index (χ4v) is 2.59. The van der Waals surface area contributed by atoms with Gasteiger partial charge in [0.2, 0.25) is 0 Å². The molecule has 1 aromatic heterocycles. The number of halogens is 1. The number of anilines is 2. The van der Waals surface area contributed by atoms with Gasteiger partial charge in [0, 0.05) is 12.0 Å². The first-order chi connectivity index (χ1) is 11.5. The second kappa shape index (κ2) is 6.66. The van der Waals surface area contributed by atoms with Gasteiger partial charge in [-0.3, -0.25) is 4.98 Å². The van der Waals surface area contributed by atoms with Crippen molar-refractivity contribution in [1.82, 2.24) is 4.98 Å². The summed E-state index contributed by atoms with van der Waals surface area (Å²) < 4.78 is 13.9. The Morgan fingerprint density at radius 1 is 1.29 bits per heavy atom. The first-order valence-electron chi connectivity index (χ1n) is 7.67. The lowest BCUT2D eigenvalue weighted by molar-refractivity contribution is 0.0698. The van der Waals surface area contributed by atoms with Crippen LogP contribution in [0.15, 0.2) is 54.5 Å². The van der Waals surface area contributed by atoms with Crippen LogP contribution in [0.1, 0.15) is 34.5 Å². The van der Waals surface area contributed by atoms with Gasteiger partial charge in [-0.2, -0.15) is 0 Å². The van der Waals surface area contributed by atoms with Gasteiger partial charge in [0.25, 0.3) is 0 Å². The number of hydrogen-bond donors (Lipinski definition) is 2. The quantitative estimate of drug-likeness (QED) is 0.843. The van der Waals surface area contributed by atoms with Crippen LogP contribution in [0.5, 0.6) is 0 Å². The van der Waals surface area contributed by atoms with Gasteiger partial charge in [-0.25, -0.2) is 9.18 Å². The number of carbonyl (C=O) groups is 1. The third-order valence-corrected chi connectivity index (χ3v) is 3.83. The topological polar surface area (TPSA) is 62.2 Å². The Labute approximate surface area is 139 Å². The predicted molar refractivity (Wildman–Crippen MR) is 92.1 cm³/mol. The fourth-order valence-electron chi connectivity index (χ4n) is 2.59. The molecule has 0 saturated heterocycles. The molecule has 0 radical (unpaired) electrons. The van der Waals surface area contributed by atoms with Crippen LogP contribution in [-0.4, -0.2) is 16.1 Å². The SMILES string of the molecule is Cc1ccc(Nc2ccc(C3=C(F)CCC=C3)nc2)c(C(=O)O)c1. The Balaban J connectivity index is 1.85. The zero-order valence-electron chi connectivity index (χ0n) is 13.2. The molecule has 0 bridgehead atoms. The van der Waals surface area contributed by atoms with Gasteiger partial charge < -0.3 is 10.4 Å². The van der Waals surface area contributed by atoms with Gasteiger partial charge in [-0.1, -0.05) is 23.8 Å². The van der Waals surface area contributed by atoms with Gasteiger partial charge in [-0.15, -0.1) is 0 Å². The third kappa shape index (κ3) is 3.35. The van der Waals surface area contributed by atoms with Crippen LogP contribution in [0.4, 0.5) is 15.8 Å². The summed E-state index contributed by atoms with van der Waals surface area (Å²) >= 11 is 0. The molecule has 3 rings (SSSR count). The average Bonchev–Trinajstić information content (AvgIpc) is 2.57. The Morgan fingerprint density at radius 2 is 2.12 bits per heavy atom. The van der Waals surface area contributed by atoms with Crippen molar-refractivity contribution in [2.75, 3.05) is 5.32 Å². The van der Waals surface area contributed by atoms with Crippen LogP contribution >= 0.6 is 0 Å². The lowest BCUT2D eigenvalue weighted by Gasteiger charge is -2.12. The molecule has 4 nitrogen and oxygen atoms in total. The van der Waals surface area contributed by atoms with E-state index in [9.17, 15) is 14.3 Å². The normalized spacial score (nSPS) is 13.9. The van der Waals surface area contributed by atoms with Crippen molar-refractivity contribution in [3.63, 3.8) is 0 Å². The van der Waals surface area contributed by atoms with E-state index >= 15 is 0 Å². The maximum Gasteiger partial charge on any atom is 0.337 e. The fraction of sp³-hybridized carbons (Fsp3) is 0.158. The van der Waals surface area contributed by atoms with Crippen molar-refractivity contribution in [2.45, 2.75) is 19.8 Å². The first kappa shape index (κ1) is 15.9.